The largest absolute Gasteiger partial charge is 0.480 e. The monoisotopic (exact) mass is 516 g/mol. The number of nitrogens with one attached hydrogen (secondary N) is 1. The smallest absolute Gasteiger partial charge is 0.246 e. The minimum atomic E-state index is -3.87. The van der Waals surface area contributed by atoms with Gasteiger partial charge < -0.3 is 24.7 Å². The average molecular weight is 517 g/mol. The Kier molecular flexibility index (Phi) is 7.04. The maximum atomic E-state index is 13.1. The third-order valence-electron chi connectivity index (χ3n) is 6.68. The van der Waals surface area contributed by atoms with Gasteiger partial charge >= 0.3 is 0 Å². The van der Waals surface area contributed by atoms with E-state index in [1.807, 2.05) is 22.8 Å². The molecular formula is C25H36N6O4S. The van der Waals surface area contributed by atoms with Crippen LogP contribution in [0.5, 0.6) is 5.88 Å². The fraction of sp³-hybridized carbons (Fsp3) is 0.520. The van der Waals surface area contributed by atoms with E-state index in [0.29, 0.717) is 31.3 Å². The van der Waals surface area contributed by atoms with Crippen molar-refractivity contribution in [2.75, 3.05) is 40.2 Å². The van der Waals surface area contributed by atoms with Gasteiger partial charge in [-0.05, 0) is 71.5 Å². The quantitative estimate of drug-likeness (QED) is 0.491. The number of anilines is 1. The molecule has 1 saturated heterocycles. The van der Waals surface area contributed by atoms with Crippen LogP contribution in [0, 0.1) is 0 Å². The van der Waals surface area contributed by atoms with E-state index >= 15 is 0 Å². The topological polar surface area (TPSA) is 125 Å². The molecule has 0 unspecified atom stereocenters. The Balaban J connectivity index is 1.79. The Bertz CT molecular complexity index is 1350. The van der Waals surface area contributed by atoms with Gasteiger partial charge in [0, 0.05) is 42.6 Å². The average Bonchev–Trinajstić information content (AvgIpc) is 3.11. The van der Waals surface area contributed by atoms with E-state index in [1.165, 1.54) is 7.11 Å². The van der Waals surface area contributed by atoms with Crippen LogP contribution in [0.15, 0.2) is 35.4 Å². The molecule has 1 aliphatic rings. The summed E-state index contributed by atoms with van der Waals surface area (Å²) in [7, 11) is 1.71. The van der Waals surface area contributed by atoms with Gasteiger partial charge in [-0.3, -0.25) is 0 Å². The van der Waals surface area contributed by atoms with Crippen LogP contribution < -0.4 is 15.2 Å². The number of pyridine rings is 1. The molecule has 196 valence electrons. The van der Waals surface area contributed by atoms with Gasteiger partial charge in [0.25, 0.3) is 0 Å². The third kappa shape index (κ3) is 5.19. The molecule has 36 heavy (non-hydrogen) atoms. The number of methoxy groups -OCH3 is 1. The summed E-state index contributed by atoms with van der Waals surface area (Å²) in [6, 6.07) is 7.37. The molecule has 0 atom stereocenters. The standard InChI is InChI=1S/C25H36N6O4S/c1-24(2,3)29-36(32,33)21-14-18(15-27-22(21)34-6)17-7-8-19-20(13-17)31(23(26)28-19)16-25(30(4)5)9-11-35-12-10-25/h7-8,13-15,29H,9-12,16H2,1-6H3,(H2,26,28). The van der Waals surface area contributed by atoms with E-state index in [4.69, 9.17) is 15.2 Å². The summed E-state index contributed by atoms with van der Waals surface area (Å²) in [4.78, 5) is 11.1. The molecule has 0 aliphatic carbocycles. The van der Waals surface area contributed by atoms with Crippen molar-refractivity contribution in [1.82, 2.24) is 24.2 Å². The molecule has 0 bridgehead atoms. The lowest BCUT2D eigenvalue weighted by Gasteiger charge is -2.43. The molecule has 3 heterocycles. The van der Waals surface area contributed by atoms with Crippen LogP contribution in [0.2, 0.25) is 0 Å². The lowest BCUT2D eigenvalue weighted by Crippen LogP contribution is -2.51. The number of fused-ring (bicyclic) bond motifs is 1. The molecule has 0 radical (unpaired) electrons. The first-order valence-electron chi connectivity index (χ1n) is 11.9. The number of hydrogen-bond acceptors (Lipinski definition) is 8. The maximum absolute atomic E-state index is 13.1. The van der Waals surface area contributed by atoms with E-state index in [-0.39, 0.29) is 16.3 Å². The fourth-order valence-corrected chi connectivity index (χ4v) is 6.24. The summed E-state index contributed by atoms with van der Waals surface area (Å²) in [6.07, 6.45) is 3.40. The van der Waals surface area contributed by atoms with Crippen molar-refractivity contribution in [2.24, 2.45) is 0 Å². The Labute approximate surface area is 212 Å². The van der Waals surface area contributed by atoms with E-state index in [0.717, 1.165) is 29.4 Å². The van der Waals surface area contributed by atoms with Gasteiger partial charge in [0.05, 0.1) is 18.1 Å². The van der Waals surface area contributed by atoms with Crippen LogP contribution in [0.25, 0.3) is 22.2 Å². The number of benzene rings is 1. The maximum Gasteiger partial charge on any atom is 0.246 e. The SMILES string of the molecule is COc1ncc(-c2ccc3nc(N)n(CC4(N(C)C)CCOCC4)c3c2)cc1S(=O)(=O)NC(C)(C)C. The minimum absolute atomic E-state index is 0.0145. The Morgan fingerprint density at radius 3 is 2.50 bits per heavy atom. The van der Waals surface area contributed by atoms with Crippen molar-refractivity contribution in [3.8, 4) is 17.0 Å². The van der Waals surface area contributed by atoms with E-state index in [1.54, 1.807) is 33.0 Å². The Morgan fingerprint density at radius 1 is 1.19 bits per heavy atom. The molecule has 3 aromatic rings. The van der Waals surface area contributed by atoms with Crippen LogP contribution in [-0.4, -0.2) is 73.3 Å². The van der Waals surface area contributed by atoms with Gasteiger partial charge in [0.2, 0.25) is 21.9 Å². The highest BCUT2D eigenvalue weighted by molar-refractivity contribution is 7.89. The fourth-order valence-electron chi connectivity index (χ4n) is 4.67. The van der Waals surface area contributed by atoms with Gasteiger partial charge in [0.1, 0.15) is 4.90 Å². The predicted molar refractivity (Wildman–Crippen MR) is 140 cm³/mol. The summed E-state index contributed by atoms with van der Waals surface area (Å²) in [5.41, 5.74) is 8.73. The zero-order chi connectivity index (χ0) is 26.3. The van der Waals surface area contributed by atoms with E-state index in [9.17, 15) is 8.42 Å². The van der Waals surface area contributed by atoms with Crippen LogP contribution in [-0.2, 0) is 21.3 Å². The second-order valence-electron chi connectivity index (χ2n) is 10.6. The van der Waals surface area contributed by atoms with Crippen LogP contribution >= 0.6 is 0 Å². The van der Waals surface area contributed by atoms with E-state index < -0.39 is 15.6 Å². The van der Waals surface area contributed by atoms with Gasteiger partial charge in [-0.15, -0.1) is 0 Å². The summed E-state index contributed by atoms with van der Waals surface area (Å²) in [5.74, 6) is 0.485. The molecule has 11 heteroatoms. The highest BCUT2D eigenvalue weighted by Crippen LogP contribution is 2.34. The number of nitrogens with two attached hydrogens (primary N) is 1. The molecule has 10 nitrogen and oxygen atoms in total. The second kappa shape index (κ2) is 9.62. The summed E-state index contributed by atoms with van der Waals surface area (Å²) >= 11 is 0. The normalized spacial score (nSPS) is 16.5. The molecular weight excluding hydrogens is 480 g/mol. The first-order chi connectivity index (χ1) is 16.8. The molecule has 0 spiro atoms. The van der Waals surface area contributed by atoms with Crippen molar-refractivity contribution < 1.29 is 17.9 Å². The molecule has 2 aromatic heterocycles. The number of aromatic nitrogens is 3. The number of nitrogens with zero attached hydrogens (tertiary/aromatic N) is 4. The van der Waals surface area contributed by atoms with Gasteiger partial charge in [-0.2, -0.15) is 0 Å². The van der Waals surface area contributed by atoms with Crippen molar-refractivity contribution in [2.45, 2.75) is 56.1 Å². The number of likely N-dealkylation sites (N-methyl/N-ethyl adjacent to an activating group) is 1. The van der Waals surface area contributed by atoms with Gasteiger partial charge in [-0.25, -0.2) is 23.1 Å². The van der Waals surface area contributed by atoms with Crippen molar-refractivity contribution in [3.05, 3.63) is 30.5 Å². The van der Waals surface area contributed by atoms with Crippen molar-refractivity contribution in [3.63, 3.8) is 0 Å². The Morgan fingerprint density at radius 2 is 1.89 bits per heavy atom. The number of hydrogen-bond donors (Lipinski definition) is 2. The lowest BCUT2D eigenvalue weighted by molar-refractivity contribution is -0.0157. The number of nitrogen functional groups attached to an aromatic ring is 1. The highest BCUT2D eigenvalue weighted by atomic mass is 32.2. The molecule has 0 amide bonds. The first-order valence-corrected chi connectivity index (χ1v) is 13.4. The van der Waals surface area contributed by atoms with E-state index in [2.05, 4.69) is 33.7 Å². The summed E-state index contributed by atoms with van der Waals surface area (Å²) < 4.78 is 41.9. The van der Waals surface area contributed by atoms with Crippen molar-refractivity contribution in [1.29, 1.82) is 0 Å². The molecule has 1 aliphatic heterocycles. The minimum Gasteiger partial charge on any atom is -0.480 e. The molecule has 0 saturated carbocycles. The van der Waals surface area contributed by atoms with Crippen LogP contribution in [0.3, 0.4) is 0 Å². The summed E-state index contributed by atoms with van der Waals surface area (Å²) in [5, 5.41) is 0. The molecule has 4 rings (SSSR count). The summed E-state index contributed by atoms with van der Waals surface area (Å²) in [6.45, 7) is 7.43. The predicted octanol–water partition coefficient (Wildman–Crippen LogP) is 2.88. The van der Waals surface area contributed by atoms with Crippen LogP contribution in [0.4, 0.5) is 5.95 Å². The zero-order valence-corrected chi connectivity index (χ0v) is 22.6. The lowest BCUT2D eigenvalue weighted by atomic mass is 9.88. The molecule has 3 N–H and O–H groups in total. The number of imidazole rings is 1. The second-order valence-corrected chi connectivity index (χ2v) is 12.2. The van der Waals surface area contributed by atoms with Gasteiger partial charge in [0.15, 0.2) is 0 Å². The first kappa shape index (κ1) is 26.3. The van der Waals surface area contributed by atoms with Crippen molar-refractivity contribution >= 4 is 27.0 Å². The number of rotatable bonds is 7. The van der Waals surface area contributed by atoms with Crippen LogP contribution in [0.1, 0.15) is 33.6 Å². The van der Waals surface area contributed by atoms with Gasteiger partial charge in [-0.1, -0.05) is 6.07 Å². The highest BCUT2D eigenvalue weighted by Gasteiger charge is 2.36. The number of ether oxygens (including phenoxy) is 2. The Hall–Kier alpha value is -2.73. The molecule has 1 aromatic carbocycles. The zero-order valence-electron chi connectivity index (χ0n) is 21.8. The molecule has 1 fully saturated rings. The number of sulfonamides is 1. The third-order valence-corrected chi connectivity index (χ3v) is 8.43.